The highest BCUT2D eigenvalue weighted by Gasteiger charge is 2.44. The van der Waals surface area contributed by atoms with E-state index in [4.69, 9.17) is 0 Å². The maximum Gasteiger partial charge on any atom is 0.132 e. The molecule has 132 valence electrons. The predicted molar refractivity (Wildman–Crippen MR) is 98.2 cm³/mol. The number of phenols is 1. The number of Topliss-reactive ketones (excluding diaryl/α,β-unsaturated/α-hetero) is 1. The Balaban J connectivity index is 1.82. The molecule has 0 amide bonds. The lowest BCUT2D eigenvalue weighted by Crippen LogP contribution is -2.41. The number of benzene rings is 1. The zero-order valence-corrected chi connectivity index (χ0v) is 15.3. The van der Waals surface area contributed by atoms with Crippen LogP contribution in [0.3, 0.4) is 0 Å². The maximum absolute atomic E-state index is 11.7. The molecule has 0 unspecified atom stereocenters. The molecule has 0 heterocycles. The predicted octanol–water partition coefficient (Wildman–Crippen LogP) is 5.63. The lowest BCUT2D eigenvalue weighted by molar-refractivity contribution is -0.121. The van der Waals surface area contributed by atoms with Gasteiger partial charge in [0.1, 0.15) is 11.5 Å². The van der Waals surface area contributed by atoms with Crippen LogP contribution in [-0.2, 0) is 10.2 Å². The van der Waals surface area contributed by atoms with Crippen LogP contribution in [0.1, 0.15) is 77.2 Å². The van der Waals surface area contributed by atoms with Crippen molar-refractivity contribution in [2.24, 2.45) is 17.8 Å². The van der Waals surface area contributed by atoms with Gasteiger partial charge in [-0.15, -0.1) is 0 Å². The van der Waals surface area contributed by atoms with Crippen molar-refractivity contribution in [3.63, 3.8) is 0 Å². The highest BCUT2D eigenvalue weighted by Crippen LogP contribution is 2.51. The summed E-state index contributed by atoms with van der Waals surface area (Å²) >= 11 is 0. The van der Waals surface area contributed by atoms with Crippen LogP contribution in [0.4, 0.5) is 0 Å². The molecule has 2 nitrogen and oxygen atoms in total. The number of carbonyl (C=O) groups excluding carboxylic acids is 1. The minimum Gasteiger partial charge on any atom is -0.508 e. The number of hydrogen-bond donors (Lipinski definition) is 1. The van der Waals surface area contributed by atoms with Gasteiger partial charge in [0.25, 0.3) is 0 Å². The second-order valence-corrected chi connectivity index (χ2v) is 8.59. The van der Waals surface area contributed by atoms with Crippen molar-refractivity contribution in [1.29, 1.82) is 0 Å². The van der Waals surface area contributed by atoms with Gasteiger partial charge in [-0.1, -0.05) is 26.0 Å². The number of carbonyl (C=O) groups is 1. The van der Waals surface area contributed by atoms with Crippen LogP contribution in [0.5, 0.6) is 5.75 Å². The van der Waals surface area contributed by atoms with Crippen LogP contribution in [0.15, 0.2) is 24.3 Å². The van der Waals surface area contributed by atoms with E-state index < -0.39 is 0 Å². The second kappa shape index (κ2) is 7.29. The van der Waals surface area contributed by atoms with Gasteiger partial charge in [0.2, 0.25) is 0 Å². The van der Waals surface area contributed by atoms with Gasteiger partial charge in [0, 0.05) is 12.8 Å². The molecule has 2 aliphatic carbocycles. The molecule has 0 aromatic heterocycles. The molecule has 2 heteroatoms. The van der Waals surface area contributed by atoms with E-state index in [1.807, 2.05) is 12.1 Å². The molecule has 1 aromatic rings. The minimum absolute atomic E-state index is 0.224. The topological polar surface area (TPSA) is 37.3 Å². The summed E-state index contributed by atoms with van der Waals surface area (Å²) in [5.74, 6) is 3.06. The van der Waals surface area contributed by atoms with Gasteiger partial charge >= 0.3 is 0 Å². The molecule has 1 aromatic carbocycles. The largest absolute Gasteiger partial charge is 0.508 e. The Morgan fingerprint density at radius 2 is 1.62 bits per heavy atom. The van der Waals surface area contributed by atoms with Gasteiger partial charge in [0.15, 0.2) is 0 Å². The third-order valence-corrected chi connectivity index (χ3v) is 6.57. The summed E-state index contributed by atoms with van der Waals surface area (Å²) in [6, 6.07) is 7.94. The number of ketones is 1. The van der Waals surface area contributed by atoms with Crippen LogP contribution >= 0.6 is 0 Å². The molecule has 2 fully saturated rings. The molecule has 2 saturated carbocycles. The normalized spacial score (nSPS) is 29.1. The first kappa shape index (κ1) is 17.5. The number of rotatable bonds is 4. The summed E-state index contributed by atoms with van der Waals surface area (Å²) in [7, 11) is 0. The number of phenolic OH excluding ortho intramolecular Hbond substituents is 1. The van der Waals surface area contributed by atoms with E-state index in [0.717, 1.165) is 37.5 Å². The van der Waals surface area contributed by atoms with Crippen molar-refractivity contribution in [2.45, 2.75) is 77.0 Å². The minimum atomic E-state index is 0.224. The van der Waals surface area contributed by atoms with Gasteiger partial charge in [-0.25, -0.2) is 0 Å². The van der Waals surface area contributed by atoms with Crippen molar-refractivity contribution in [1.82, 2.24) is 0 Å². The van der Waals surface area contributed by atoms with Crippen molar-refractivity contribution >= 4 is 5.78 Å². The molecule has 0 radical (unpaired) electrons. The molecule has 0 aliphatic heterocycles. The smallest absolute Gasteiger partial charge is 0.132 e. The van der Waals surface area contributed by atoms with Gasteiger partial charge in [-0.2, -0.15) is 0 Å². The third-order valence-electron chi connectivity index (χ3n) is 6.57. The second-order valence-electron chi connectivity index (χ2n) is 8.59. The van der Waals surface area contributed by atoms with E-state index in [2.05, 4.69) is 26.0 Å². The Labute approximate surface area is 146 Å². The summed E-state index contributed by atoms with van der Waals surface area (Å²) in [4.78, 5) is 11.7. The quantitative estimate of drug-likeness (QED) is 0.778. The lowest BCUT2D eigenvalue weighted by atomic mass is 9.56. The molecule has 3 rings (SSSR count). The summed E-state index contributed by atoms with van der Waals surface area (Å²) in [5.41, 5.74) is 1.62. The van der Waals surface area contributed by atoms with Crippen LogP contribution in [0, 0.1) is 17.8 Å². The number of hydrogen-bond acceptors (Lipinski definition) is 2. The SMILES string of the molecule is CC(C)CC1CCC(c2ccc(O)cc2)(C2CCC(=O)CC2)CC1. The molecular formula is C22H32O2. The van der Waals surface area contributed by atoms with Gasteiger partial charge in [-0.3, -0.25) is 4.79 Å². The molecule has 2 aliphatic rings. The van der Waals surface area contributed by atoms with E-state index in [1.165, 1.54) is 37.7 Å². The first-order valence-electron chi connectivity index (χ1n) is 9.81. The summed E-state index contributed by atoms with van der Waals surface area (Å²) in [5, 5.41) is 9.68. The Hall–Kier alpha value is -1.31. The van der Waals surface area contributed by atoms with Crippen molar-refractivity contribution in [3.05, 3.63) is 29.8 Å². The first-order chi connectivity index (χ1) is 11.5. The fourth-order valence-corrected chi connectivity index (χ4v) is 5.31. The Morgan fingerprint density at radius 1 is 1.04 bits per heavy atom. The summed E-state index contributed by atoms with van der Waals surface area (Å²) in [6.07, 6.45) is 10.1. The van der Waals surface area contributed by atoms with Crippen LogP contribution in [-0.4, -0.2) is 10.9 Å². The average Bonchev–Trinajstić information content (AvgIpc) is 2.57. The molecule has 24 heavy (non-hydrogen) atoms. The summed E-state index contributed by atoms with van der Waals surface area (Å²) in [6.45, 7) is 4.66. The van der Waals surface area contributed by atoms with Gasteiger partial charge in [-0.05, 0) is 85.8 Å². The van der Waals surface area contributed by atoms with Crippen LogP contribution < -0.4 is 0 Å². The third kappa shape index (κ3) is 3.68. The van der Waals surface area contributed by atoms with E-state index in [0.29, 0.717) is 17.5 Å². The molecule has 1 N–H and O–H groups in total. The summed E-state index contributed by atoms with van der Waals surface area (Å²) < 4.78 is 0. The first-order valence-corrected chi connectivity index (χ1v) is 9.81. The average molecular weight is 328 g/mol. The van der Waals surface area contributed by atoms with Crippen LogP contribution in [0.2, 0.25) is 0 Å². The maximum atomic E-state index is 11.7. The van der Waals surface area contributed by atoms with Crippen molar-refractivity contribution in [2.75, 3.05) is 0 Å². The van der Waals surface area contributed by atoms with Crippen LogP contribution in [0.25, 0.3) is 0 Å². The fourth-order valence-electron chi connectivity index (χ4n) is 5.31. The van der Waals surface area contributed by atoms with E-state index in [1.54, 1.807) is 0 Å². The fraction of sp³-hybridized carbons (Fsp3) is 0.682. The van der Waals surface area contributed by atoms with Gasteiger partial charge in [0.05, 0.1) is 0 Å². The lowest BCUT2D eigenvalue weighted by Gasteiger charge is -2.48. The van der Waals surface area contributed by atoms with Gasteiger partial charge < -0.3 is 5.11 Å². The van der Waals surface area contributed by atoms with E-state index in [9.17, 15) is 9.90 Å². The Kier molecular flexibility index (Phi) is 5.32. The Bertz CT molecular complexity index is 540. The zero-order valence-electron chi connectivity index (χ0n) is 15.3. The highest BCUT2D eigenvalue weighted by atomic mass is 16.3. The molecule has 0 spiro atoms. The molecule has 0 saturated heterocycles. The van der Waals surface area contributed by atoms with E-state index >= 15 is 0 Å². The van der Waals surface area contributed by atoms with E-state index in [-0.39, 0.29) is 5.41 Å². The van der Waals surface area contributed by atoms with Crippen molar-refractivity contribution in [3.8, 4) is 5.75 Å². The molecule has 0 atom stereocenters. The zero-order chi connectivity index (χ0) is 17.2. The standard InChI is InChI=1S/C22H32O2/c1-16(2)15-17-11-13-22(14-12-17,18-3-7-20(23)8-4-18)19-5-9-21(24)10-6-19/h3-4,7-8,16-17,19,23H,5-6,9-15H2,1-2H3. The Morgan fingerprint density at radius 3 is 2.17 bits per heavy atom. The van der Waals surface area contributed by atoms with Crippen molar-refractivity contribution < 1.29 is 9.90 Å². The monoisotopic (exact) mass is 328 g/mol. The molecular weight excluding hydrogens is 296 g/mol. The molecule has 0 bridgehead atoms. The highest BCUT2D eigenvalue weighted by molar-refractivity contribution is 5.79. The number of aromatic hydroxyl groups is 1.